The number of nitrogens with one attached hydrogen (secondary N) is 1. The van der Waals surface area contributed by atoms with E-state index in [-0.39, 0.29) is 17.6 Å². The van der Waals surface area contributed by atoms with Crippen LogP contribution in [0.3, 0.4) is 0 Å². The lowest BCUT2D eigenvalue weighted by Crippen LogP contribution is -2.38. The number of aromatic nitrogens is 2. The van der Waals surface area contributed by atoms with Gasteiger partial charge in [-0.3, -0.25) is 19.2 Å². The maximum absolute atomic E-state index is 13.6. The Kier molecular flexibility index (Phi) is 8.86. The van der Waals surface area contributed by atoms with Gasteiger partial charge in [-0.2, -0.15) is 5.10 Å². The summed E-state index contributed by atoms with van der Waals surface area (Å²) in [6, 6.07) is 4.66. The maximum atomic E-state index is 13.6. The highest BCUT2D eigenvalue weighted by Crippen LogP contribution is 2.34. The Morgan fingerprint density at radius 1 is 1.07 bits per heavy atom. The van der Waals surface area contributed by atoms with Crippen molar-refractivity contribution in [3.63, 3.8) is 0 Å². The summed E-state index contributed by atoms with van der Waals surface area (Å²) in [5.41, 5.74) is 6.62. The molecule has 1 aromatic carbocycles. The van der Waals surface area contributed by atoms with Crippen molar-refractivity contribution in [2.24, 2.45) is 5.92 Å². The van der Waals surface area contributed by atoms with Crippen molar-refractivity contribution in [2.75, 3.05) is 51.3 Å². The molecule has 1 aliphatic heterocycles. The van der Waals surface area contributed by atoms with Crippen molar-refractivity contribution >= 4 is 17.4 Å². The monoisotopic (exact) mass is 545 g/mol. The van der Waals surface area contributed by atoms with Crippen molar-refractivity contribution < 1.29 is 14.3 Å². The lowest BCUT2D eigenvalue weighted by molar-refractivity contribution is -0.117. The molecule has 8 nitrogen and oxygen atoms in total. The summed E-state index contributed by atoms with van der Waals surface area (Å²) in [7, 11) is 2.15. The Morgan fingerprint density at radius 2 is 1.82 bits per heavy atom. The molecule has 2 aliphatic carbocycles. The second-order valence-electron chi connectivity index (χ2n) is 11.6. The van der Waals surface area contributed by atoms with E-state index in [1.807, 2.05) is 43.8 Å². The van der Waals surface area contributed by atoms with Crippen LogP contribution in [-0.4, -0.2) is 78.9 Å². The molecule has 1 amide bonds. The molecule has 2 fully saturated rings. The molecular formula is C32H43N5O3. The number of hydrogen-bond acceptors (Lipinski definition) is 6. The topological polar surface area (TPSA) is 79.7 Å². The third-order valence-electron chi connectivity index (χ3n) is 8.78. The summed E-state index contributed by atoms with van der Waals surface area (Å²) in [5.74, 6) is -0.414. The summed E-state index contributed by atoms with van der Waals surface area (Å²) in [6.45, 7) is 11.5. The molecule has 1 N–H and O–H groups in total. The van der Waals surface area contributed by atoms with E-state index in [1.54, 1.807) is 6.08 Å². The third-order valence-corrected chi connectivity index (χ3v) is 8.78. The number of allylic oxidation sites excluding steroid dienone is 3. The first-order valence-corrected chi connectivity index (χ1v) is 14.7. The molecule has 1 saturated carbocycles. The number of hydrogen-bond donors (Lipinski definition) is 1. The van der Waals surface area contributed by atoms with Gasteiger partial charge in [-0.15, -0.1) is 0 Å². The van der Waals surface area contributed by atoms with Crippen LogP contribution in [0.4, 0.5) is 5.69 Å². The number of ether oxygens (including phenoxy) is 1. The van der Waals surface area contributed by atoms with Crippen LogP contribution in [0.5, 0.6) is 0 Å². The number of ketones is 1. The fraction of sp³-hybridized carbons (Fsp3) is 0.531. The molecule has 0 radical (unpaired) electrons. The highest BCUT2D eigenvalue weighted by Gasteiger charge is 2.26. The lowest BCUT2D eigenvalue weighted by Gasteiger charge is -2.29. The van der Waals surface area contributed by atoms with Crippen LogP contribution in [-0.2, 0) is 16.1 Å². The number of carbonyl (C=O) groups excluding carboxylic acids is 2. The summed E-state index contributed by atoms with van der Waals surface area (Å²) < 4.78 is 7.46. The molecule has 3 aliphatic rings. The first-order chi connectivity index (χ1) is 19.3. The van der Waals surface area contributed by atoms with Gasteiger partial charge in [0.25, 0.3) is 5.91 Å². The minimum atomic E-state index is -0.318. The summed E-state index contributed by atoms with van der Waals surface area (Å²) in [6.07, 6.45) is 12.5. The van der Waals surface area contributed by atoms with E-state index in [4.69, 9.17) is 4.74 Å². The lowest BCUT2D eigenvalue weighted by atomic mass is 9.88. The van der Waals surface area contributed by atoms with E-state index < -0.39 is 0 Å². The smallest absolute Gasteiger partial charge is 0.251 e. The van der Waals surface area contributed by atoms with Crippen LogP contribution in [0.2, 0.25) is 0 Å². The van der Waals surface area contributed by atoms with Crippen LogP contribution in [0, 0.1) is 12.8 Å². The first-order valence-electron chi connectivity index (χ1n) is 14.7. The van der Waals surface area contributed by atoms with Crippen molar-refractivity contribution in [3.8, 4) is 11.1 Å². The Morgan fingerprint density at radius 3 is 2.55 bits per heavy atom. The highest BCUT2D eigenvalue weighted by molar-refractivity contribution is 6.00. The second-order valence-corrected chi connectivity index (χ2v) is 11.6. The quantitative estimate of drug-likeness (QED) is 0.504. The van der Waals surface area contributed by atoms with Crippen LogP contribution in [0.15, 0.2) is 47.8 Å². The molecular weight excluding hydrogens is 502 g/mol. The molecule has 1 atom stereocenters. The van der Waals surface area contributed by atoms with E-state index in [0.29, 0.717) is 18.2 Å². The SMILES string of the molecule is CC1=CC(=O)C(CNC(=O)c2cc(-c3cnn(CCN4CCOCC4)c3)cc(N(C)C3CCCC3)c2C)C(C)=C1. The fourth-order valence-electron chi connectivity index (χ4n) is 6.26. The van der Waals surface area contributed by atoms with Crippen molar-refractivity contribution in [1.82, 2.24) is 20.0 Å². The van der Waals surface area contributed by atoms with Crippen molar-refractivity contribution in [1.29, 1.82) is 0 Å². The van der Waals surface area contributed by atoms with Gasteiger partial charge in [-0.05, 0) is 68.5 Å². The molecule has 0 bridgehead atoms. The summed E-state index contributed by atoms with van der Waals surface area (Å²) >= 11 is 0. The van der Waals surface area contributed by atoms with Gasteiger partial charge in [-0.1, -0.05) is 24.5 Å². The molecule has 1 saturated heterocycles. The Hall–Kier alpha value is -3.23. The standard InChI is InChI=1S/C32H43N5O3/c1-22-15-23(2)29(31(38)16-22)20-33-32(39)28-17-25(18-30(24(28)3)35(4)27-7-5-6-8-27)26-19-34-37(21-26)10-9-36-11-13-40-14-12-36/h15-19,21,27,29H,5-14,20H2,1-4H3,(H,33,39). The summed E-state index contributed by atoms with van der Waals surface area (Å²) in [5, 5.41) is 7.72. The Bertz CT molecular complexity index is 1300. The average Bonchev–Trinajstić information content (AvgIpc) is 3.64. The van der Waals surface area contributed by atoms with E-state index in [1.165, 1.54) is 25.7 Å². The van der Waals surface area contributed by atoms with E-state index in [2.05, 4.69) is 39.5 Å². The predicted molar refractivity (Wildman–Crippen MR) is 159 cm³/mol. The van der Waals surface area contributed by atoms with Gasteiger partial charge < -0.3 is 15.0 Å². The number of morpholine rings is 1. The fourth-order valence-corrected chi connectivity index (χ4v) is 6.26. The number of amides is 1. The number of carbonyl (C=O) groups is 2. The van der Waals surface area contributed by atoms with Gasteiger partial charge >= 0.3 is 0 Å². The second kappa shape index (κ2) is 12.5. The number of nitrogens with zero attached hydrogens (tertiary/aromatic N) is 4. The van der Waals surface area contributed by atoms with Gasteiger partial charge in [0.05, 0.1) is 31.9 Å². The van der Waals surface area contributed by atoms with Gasteiger partial charge in [0.2, 0.25) is 0 Å². The Balaban J connectivity index is 1.38. The maximum Gasteiger partial charge on any atom is 0.251 e. The zero-order valence-corrected chi connectivity index (χ0v) is 24.4. The van der Waals surface area contributed by atoms with Gasteiger partial charge in [-0.25, -0.2) is 0 Å². The number of benzene rings is 1. The zero-order chi connectivity index (χ0) is 28.2. The molecule has 2 heterocycles. The van der Waals surface area contributed by atoms with Gasteiger partial charge in [0.15, 0.2) is 5.78 Å². The molecule has 214 valence electrons. The molecule has 1 unspecified atom stereocenters. The van der Waals surface area contributed by atoms with Crippen LogP contribution in [0.1, 0.15) is 55.5 Å². The van der Waals surface area contributed by atoms with E-state index >= 15 is 0 Å². The normalized spacial score (nSPS) is 20.4. The molecule has 0 spiro atoms. The number of anilines is 1. The van der Waals surface area contributed by atoms with Crippen molar-refractivity contribution in [2.45, 2.75) is 59.0 Å². The first kappa shape index (κ1) is 28.3. The molecule has 8 heteroatoms. The predicted octanol–water partition coefficient (Wildman–Crippen LogP) is 4.39. The molecule has 40 heavy (non-hydrogen) atoms. The molecule has 1 aromatic heterocycles. The largest absolute Gasteiger partial charge is 0.379 e. The Labute approximate surface area is 238 Å². The average molecular weight is 546 g/mol. The number of rotatable bonds is 9. The van der Waals surface area contributed by atoms with Gasteiger partial charge in [0.1, 0.15) is 0 Å². The highest BCUT2D eigenvalue weighted by atomic mass is 16.5. The van der Waals surface area contributed by atoms with E-state index in [9.17, 15) is 9.59 Å². The molecule has 5 rings (SSSR count). The minimum absolute atomic E-state index is 0.0504. The van der Waals surface area contributed by atoms with Crippen molar-refractivity contribution in [3.05, 3.63) is 59.0 Å². The molecule has 2 aromatic rings. The van der Waals surface area contributed by atoms with Crippen LogP contribution >= 0.6 is 0 Å². The zero-order valence-electron chi connectivity index (χ0n) is 24.4. The minimum Gasteiger partial charge on any atom is -0.379 e. The van der Waals surface area contributed by atoms with Crippen LogP contribution < -0.4 is 10.2 Å². The van der Waals surface area contributed by atoms with E-state index in [0.717, 1.165) is 72.9 Å². The van der Waals surface area contributed by atoms with Gasteiger partial charge in [0, 0.05) is 62.3 Å². The third kappa shape index (κ3) is 6.39. The summed E-state index contributed by atoms with van der Waals surface area (Å²) in [4.78, 5) is 31.0. The van der Waals surface area contributed by atoms with Crippen LogP contribution in [0.25, 0.3) is 11.1 Å².